The number of allylic oxidation sites excluding steroid dienone is 3. The van der Waals surface area contributed by atoms with Crippen molar-refractivity contribution >= 4 is 11.5 Å². The van der Waals surface area contributed by atoms with Gasteiger partial charge in [-0.15, -0.1) is 0 Å². The average Bonchev–Trinajstić information content (AvgIpc) is 3.45. The smallest absolute Gasteiger partial charge is 0.192 e. The van der Waals surface area contributed by atoms with Crippen molar-refractivity contribution in [3.8, 4) is 23.0 Å². The van der Waals surface area contributed by atoms with Gasteiger partial charge in [0, 0.05) is 39.7 Å². The molecule has 2 heterocycles. The van der Waals surface area contributed by atoms with Crippen molar-refractivity contribution in [1.29, 1.82) is 5.26 Å². The van der Waals surface area contributed by atoms with E-state index in [1.54, 1.807) is 0 Å². The molecule has 0 fully saturated rings. The van der Waals surface area contributed by atoms with Gasteiger partial charge in [-0.3, -0.25) is 4.79 Å². The topological polar surface area (TPSA) is 70.7 Å². The summed E-state index contributed by atoms with van der Waals surface area (Å²) in [6.45, 7) is 1.89. The number of rotatable bonds is 3. The molecule has 5 nitrogen and oxygen atoms in total. The van der Waals surface area contributed by atoms with Crippen LogP contribution in [0.25, 0.3) is 22.6 Å². The Kier molecular flexibility index (Phi) is 4.53. The zero-order valence-electron chi connectivity index (χ0n) is 18.5. The van der Waals surface area contributed by atoms with Gasteiger partial charge in [0.05, 0.1) is 34.6 Å². The lowest BCUT2D eigenvalue weighted by Crippen LogP contribution is -2.24. The molecule has 4 aromatic rings. The van der Waals surface area contributed by atoms with Crippen molar-refractivity contribution in [2.45, 2.75) is 12.8 Å². The van der Waals surface area contributed by atoms with Crippen LogP contribution in [-0.4, -0.2) is 15.6 Å². The number of hydrogen-bond donors (Lipinski definition) is 1. The van der Waals surface area contributed by atoms with E-state index in [0.29, 0.717) is 16.7 Å². The van der Waals surface area contributed by atoms with E-state index in [9.17, 15) is 10.1 Å². The van der Waals surface area contributed by atoms with Crippen LogP contribution in [0, 0.1) is 11.3 Å². The Labute approximate surface area is 197 Å². The normalized spacial score (nSPS) is 16.7. The first-order valence-corrected chi connectivity index (χ1v) is 11.1. The van der Waals surface area contributed by atoms with Gasteiger partial charge < -0.3 is 5.32 Å². The van der Waals surface area contributed by atoms with Crippen LogP contribution in [0.15, 0.2) is 108 Å². The van der Waals surface area contributed by atoms with E-state index in [0.717, 1.165) is 39.5 Å². The molecule has 6 rings (SSSR count). The van der Waals surface area contributed by atoms with E-state index in [2.05, 4.69) is 11.4 Å². The Bertz CT molecular complexity index is 1550. The third-order valence-electron chi connectivity index (χ3n) is 6.49. The number of para-hydroxylation sites is 1. The zero-order chi connectivity index (χ0) is 23.2. The Hall–Kier alpha value is -4.69. The summed E-state index contributed by atoms with van der Waals surface area (Å²) in [5, 5.41) is 18.5. The predicted octanol–water partition coefficient (Wildman–Crippen LogP) is 5.63. The van der Waals surface area contributed by atoms with Crippen molar-refractivity contribution in [3.63, 3.8) is 0 Å². The second kappa shape index (κ2) is 7.72. The van der Waals surface area contributed by atoms with Gasteiger partial charge in [0.25, 0.3) is 0 Å². The summed E-state index contributed by atoms with van der Waals surface area (Å²) in [6.07, 6.45) is 1.96. The van der Waals surface area contributed by atoms with Gasteiger partial charge in [-0.1, -0.05) is 72.8 Å². The van der Waals surface area contributed by atoms with Crippen LogP contribution in [0.5, 0.6) is 0 Å². The van der Waals surface area contributed by atoms with Gasteiger partial charge in [-0.05, 0) is 19.1 Å². The summed E-state index contributed by atoms with van der Waals surface area (Å²) >= 11 is 0. The summed E-state index contributed by atoms with van der Waals surface area (Å²) in [7, 11) is 0. The van der Waals surface area contributed by atoms with Crippen molar-refractivity contribution in [1.82, 2.24) is 15.1 Å². The third-order valence-corrected chi connectivity index (χ3v) is 6.49. The summed E-state index contributed by atoms with van der Waals surface area (Å²) < 4.78 is 1.83. The van der Waals surface area contributed by atoms with E-state index >= 15 is 0 Å². The average molecular weight is 441 g/mol. The number of nitrogens with zero attached hydrogens (tertiary/aromatic N) is 3. The van der Waals surface area contributed by atoms with Gasteiger partial charge in [-0.2, -0.15) is 10.4 Å². The Morgan fingerprint density at radius 2 is 1.56 bits per heavy atom. The van der Waals surface area contributed by atoms with Gasteiger partial charge in [0.15, 0.2) is 5.78 Å². The molecule has 5 heteroatoms. The van der Waals surface area contributed by atoms with Crippen LogP contribution in [0.1, 0.15) is 34.3 Å². The number of fused-ring (bicyclic) bond motifs is 2. The lowest BCUT2D eigenvalue weighted by atomic mass is 9.80. The Morgan fingerprint density at radius 1 is 0.912 bits per heavy atom. The minimum Gasteiger partial charge on any atom is -0.357 e. The van der Waals surface area contributed by atoms with Gasteiger partial charge in [0.1, 0.15) is 0 Å². The highest BCUT2D eigenvalue weighted by Crippen LogP contribution is 2.48. The monoisotopic (exact) mass is 440 g/mol. The highest BCUT2D eigenvalue weighted by molar-refractivity contribution is 6.22. The van der Waals surface area contributed by atoms with Crippen molar-refractivity contribution in [2.75, 3.05) is 0 Å². The number of carbonyl (C=O) groups is 1. The number of carbonyl (C=O) groups excluding carboxylic acids is 1. The minimum absolute atomic E-state index is 0.0465. The molecule has 0 unspecified atom stereocenters. The number of ketones is 1. The lowest BCUT2D eigenvalue weighted by molar-refractivity contribution is 0.103. The molecule has 1 aliphatic carbocycles. The Balaban J connectivity index is 1.62. The maximum atomic E-state index is 13.7. The molecule has 0 saturated heterocycles. The quantitative estimate of drug-likeness (QED) is 0.448. The summed E-state index contributed by atoms with van der Waals surface area (Å²) in [5.41, 5.74) is 7.65. The van der Waals surface area contributed by atoms with Crippen LogP contribution in [0.4, 0.5) is 0 Å². The van der Waals surface area contributed by atoms with E-state index in [1.165, 1.54) is 0 Å². The molecule has 1 N–H and O–H groups in total. The standard InChI is InChI=1S/C29H20N4O/c1-18-23(16-30)25(26-28(31-18)21-14-8-9-15-22(21)29(26)34)24-17-33(20-12-6-3-7-13-20)32-27(24)19-10-4-2-5-11-19/h2-15,17,25,31H,1H3/t25-/m0/s1. The first kappa shape index (κ1) is 20.0. The third kappa shape index (κ3) is 2.93. The summed E-state index contributed by atoms with van der Waals surface area (Å²) in [6, 6.07) is 29.8. The molecule has 0 amide bonds. The number of nitriles is 1. The number of dihydropyridines is 1. The van der Waals surface area contributed by atoms with E-state index < -0.39 is 5.92 Å². The van der Waals surface area contributed by atoms with Crippen LogP contribution >= 0.6 is 0 Å². The fourth-order valence-electron chi connectivity index (χ4n) is 4.92. The van der Waals surface area contributed by atoms with Crippen molar-refractivity contribution in [2.24, 2.45) is 0 Å². The fourth-order valence-corrected chi connectivity index (χ4v) is 4.92. The van der Waals surface area contributed by atoms with E-state index in [-0.39, 0.29) is 5.78 Å². The van der Waals surface area contributed by atoms with Crippen LogP contribution in [0.2, 0.25) is 0 Å². The summed E-state index contributed by atoms with van der Waals surface area (Å²) in [5.74, 6) is -0.566. The molecule has 162 valence electrons. The molecule has 3 aromatic carbocycles. The molecule has 34 heavy (non-hydrogen) atoms. The molecule has 0 radical (unpaired) electrons. The molecule has 1 atom stereocenters. The summed E-state index contributed by atoms with van der Waals surface area (Å²) in [4.78, 5) is 13.7. The Morgan fingerprint density at radius 3 is 2.26 bits per heavy atom. The number of nitrogens with one attached hydrogen (secondary N) is 1. The van der Waals surface area contributed by atoms with Crippen LogP contribution in [-0.2, 0) is 0 Å². The fraction of sp³-hybridized carbons (Fsp3) is 0.0690. The van der Waals surface area contributed by atoms with Gasteiger partial charge in [0.2, 0.25) is 0 Å². The molecule has 1 aliphatic heterocycles. The zero-order valence-corrected chi connectivity index (χ0v) is 18.5. The molecule has 0 bridgehead atoms. The number of hydrogen-bond acceptors (Lipinski definition) is 4. The van der Waals surface area contributed by atoms with Crippen molar-refractivity contribution < 1.29 is 4.79 Å². The SMILES string of the molecule is CC1=C(C#N)[C@@H](c2cn(-c3ccccc3)nc2-c2ccccc2)C2=C(N1)c1ccccc1C2=O. The van der Waals surface area contributed by atoms with Crippen LogP contribution in [0.3, 0.4) is 0 Å². The predicted molar refractivity (Wildman–Crippen MR) is 131 cm³/mol. The molecule has 0 saturated carbocycles. The second-order valence-electron chi connectivity index (χ2n) is 8.45. The maximum absolute atomic E-state index is 13.7. The highest BCUT2D eigenvalue weighted by atomic mass is 16.1. The number of aromatic nitrogens is 2. The largest absolute Gasteiger partial charge is 0.357 e. The van der Waals surface area contributed by atoms with E-state index in [4.69, 9.17) is 5.10 Å². The highest BCUT2D eigenvalue weighted by Gasteiger charge is 2.42. The maximum Gasteiger partial charge on any atom is 0.192 e. The van der Waals surface area contributed by atoms with Crippen LogP contribution < -0.4 is 5.32 Å². The van der Waals surface area contributed by atoms with Gasteiger partial charge >= 0.3 is 0 Å². The molecular formula is C29H20N4O. The minimum atomic E-state index is -0.520. The van der Waals surface area contributed by atoms with E-state index in [1.807, 2.05) is 103 Å². The number of Topliss-reactive ketones (excluding diaryl/α,β-unsaturated/α-hetero) is 1. The van der Waals surface area contributed by atoms with Gasteiger partial charge in [-0.25, -0.2) is 4.68 Å². The number of benzene rings is 3. The first-order chi connectivity index (χ1) is 16.7. The molecule has 0 spiro atoms. The molecule has 1 aromatic heterocycles. The van der Waals surface area contributed by atoms with Crippen molar-refractivity contribution in [3.05, 3.63) is 125 Å². The lowest BCUT2D eigenvalue weighted by Gasteiger charge is -2.26. The first-order valence-electron chi connectivity index (χ1n) is 11.1. The molecule has 2 aliphatic rings. The molecular weight excluding hydrogens is 420 g/mol. The second-order valence-corrected chi connectivity index (χ2v) is 8.45.